The average molecular weight is 332 g/mol. The third-order valence-corrected chi connectivity index (χ3v) is 6.80. The average Bonchev–Trinajstić information content (AvgIpc) is 2.32. The summed E-state index contributed by atoms with van der Waals surface area (Å²) in [4.78, 5) is 0. The Balaban J connectivity index is 0.00000180. The first kappa shape index (κ1) is 16.5. The van der Waals surface area contributed by atoms with E-state index in [1.54, 1.807) is 0 Å². The molecule has 97 valence electrons. The highest BCUT2D eigenvalue weighted by molar-refractivity contribution is 9.10. The lowest BCUT2D eigenvalue weighted by Gasteiger charge is -2.32. The zero-order valence-electron chi connectivity index (χ0n) is 11.6. The fourth-order valence-corrected chi connectivity index (χ4v) is 5.68. The lowest BCUT2D eigenvalue weighted by molar-refractivity contribution is 0.793. The van der Waals surface area contributed by atoms with Gasteiger partial charge in [-0.3, -0.25) is 0 Å². The summed E-state index contributed by atoms with van der Waals surface area (Å²) in [5.74, 6) is 0. The predicted octanol–water partition coefficient (Wildman–Crippen LogP) is 4.30. The first-order chi connectivity index (χ1) is 8.50. The smallest absolute Gasteiger partial charge is 0.0255 e. The monoisotopic (exact) mass is 331 g/mol. The Hall–Kier alpha value is -0.585. The van der Waals surface area contributed by atoms with E-state index in [1.165, 1.54) is 15.1 Å². The van der Waals surface area contributed by atoms with E-state index in [9.17, 15) is 0 Å². The minimum absolute atomic E-state index is 0. The van der Waals surface area contributed by atoms with Gasteiger partial charge >= 0.3 is 0 Å². The molecule has 0 aliphatic heterocycles. The molecule has 0 saturated heterocycles. The van der Waals surface area contributed by atoms with Crippen molar-refractivity contribution in [2.75, 3.05) is 0 Å². The summed E-state index contributed by atoms with van der Waals surface area (Å²) in [7, 11) is -0.360. The quantitative estimate of drug-likeness (QED) is 0.568. The van der Waals surface area contributed by atoms with E-state index in [2.05, 4.69) is 91.3 Å². The van der Waals surface area contributed by atoms with E-state index in [1.807, 2.05) is 0 Å². The highest BCUT2D eigenvalue weighted by Crippen LogP contribution is 2.48. The van der Waals surface area contributed by atoms with Crippen LogP contribution in [0.5, 0.6) is 0 Å². The summed E-state index contributed by atoms with van der Waals surface area (Å²) in [6.45, 7) is 6.97. The van der Waals surface area contributed by atoms with Crippen molar-refractivity contribution >= 4 is 42.9 Å². The molecule has 0 saturated carbocycles. The van der Waals surface area contributed by atoms with Crippen molar-refractivity contribution < 1.29 is 0 Å². The number of benzene rings is 2. The van der Waals surface area contributed by atoms with Crippen molar-refractivity contribution in [3.05, 3.63) is 59.1 Å². The van der Waals surface area contributed by atoms with E-state index < -0.39 is 0 Å². The number of rotatable bonds is 2. The summed E-state index contributed by atoms with van der Waals surface area (Å²) in [5, 5.41) is 3.11. The first-order valence-corrected chi connectivity index (χ1v) is 8.23. The van der Waals surface area contributed by atoms with Crippen molar-refractivity contribution in [3.63, 3.8) is 0 Å². The molecule has 0 aliphatic carbocycles. The molecule has 0 amide bonds. The second kappa shape index (κ2) is 6.73. The molecule has 0 fully saturated rings. The van der Waals surface area contributed by atoms with Crippen molar-refractivity contribution in [3.8, 4) is 0 Å². The van der Waals surface area contributed by atoms with E-state index in [0.717, 1.165) is 0 Å². The maximum absolute atomic E-state index is 3.70. The molecule has 0 spiro atoms. The van der Waals surface area contributed by atoms with Crippen LogP contribution in [0.15, 0.2) is 59.1 Å². The second-order valence-electron chi connectivity index (χ2n) is 5.29. The molecule has 2 rings (SSSR count). The van der Waals surface area contributed by atoms with E-state index >= 15 is 0 Å². The highest BCUT2D eigenvalue weighted by Gasteiger charge is 2.28. The van der Waals surface area contributed by atoms with Crippen LogP contribution < -0.4 is 10.6 Å². The summed E-state index contributed by atoms with van der Waals surface area (Å²) in [6.07, 6.45) is 0. The first-order valence-electron chi connectivity index (χ1n) is 6.10. The normalized spacial score (nSPS) is 12.6. The summed E-state index contributed by atoms with van der Waals surface area (Å²) in [6, 6.07) is 19.4. The van der Waals surface area contributed by atoms with E-state index in [0.29, 0.717) is 0 Å². The molecular formula is C16H18BBrP. The van der Waals surface area contributed by atoms with Gasteiger partial charge in [0, 0.05) is 12.9 Å². The van der Waals surface area contributed by atoms with Gasteiger partial charge < -0.3 is 0 Å². The zero-order chi connectivity index (χ0) is 13.2. The number of halogens is 1. The molecule has 0 N–H and O–H groups in total. The van der Waals surface area contributed by atoms with Gasteiger partial charge in [0.05, 0.1) is 0 Å². The summed E-state index contributed by atoms with van der Waals surface area (Å²) < 4.78 is 1.22. The van der Waals surface area contributed by atoms with Gasteiger partial charge in [-0.05, 0) is 29.8 Å². The third kappa shape index (κ3) is 3.94. The van der Waals surface area contributed by atoms with Crippen LogP contribution in [0.2, 0.25) is 0 Å². The largest absolute Gasteiger partial charge is 0.0622 e. The molecule has 0 heterocycles. The molecule has 2 aromatic rings. The Kier molecular flexibility index (Phi) is 5.83. The van der Waals surface area contributed by atoms with Crippen LogP contribution in [0.4, 0.5) is 0 Å². The molecule has 0 bridgehead atoms. The lowest BCUT2D eigenvalue weighted by atomic mass is 10.3. The Morgan fingerprint density at radius 2 is 1.37 bits per heavy atom. The van der Waals surface area contributed by atoms with Crippen LogP contribution in [-0.4, -0.2) is 13.6 Å². The molecule has 1 unspecified atom stereocenters. The van der Waals surface area contributed by atoms with Crippen LogP contribution in [-0.2, 0) is 0 Å². The Morgan fingerprint density at radius 3 is 1.89 bits per heavy atom. The summed E-state index contributed by atoms with van der Waals surface area (Å²) in [5.41, 5.74) is 0. The Labute approximate surface area is 128 Å². The van der Waals surface area contributed by atoms with Gasteiger partial charge in [0.2, 0.25) is 0 Å². The SMILES string of the molecule is CC(C)(C)P(c1ccccc1)c1ccccc1Br.[B]. The van der Waals surface area contributed by atoms with E-state index in [4.69, 9.17) is 0 Å². The van der Waals surface area contributed by atoms with Crippen LogP contribution in [0, 0.1) is 0 Å². The molecule has 3 radical (unpaired) electrons. The molecular weight excluding hydrogens is 314 g/mol. The van der Waals surface area contributed by atoms with Crippen molar-refractivity contribution in [1.29, 1.82) is 0 Å². The van der Waals surface area contributed by atoms with Gasteiger partial charge in [0.25, 0.3) is 0 Å². The van der Waals surface area contributed by atoms with Crippen LogP contribution >= 0.6 is 23.9 Å². The number of hydrogen-bond donors (Lipinski definition) is 0. The maximum atomic E-state index is 3.70. The lowest BCUT2D eigenvalue weighted by Crippen LogP contribution is -2.26. The number of hydrogen-bond acceptors (Lipinski definition) is 0. The van der Waals surface area contributed by atoms with Crippen LogP contribution in [0.1, 0.15) is 20.8 Å². The van der Waals surface area contributed by atoms with Gasteiger partial charge in [-0.2, -0.15) is 0 Å². The molecule has 0 aliphatic rings. The van der Waals surface area contributed by atoms with E-state index in [-0.39, 0.29) is 21.5 Å². The molecule has 0 nitrogen and oxygen atoms in total. The molecule has 1 atom stereocenters. The van der Waals surface area contributed by atoms with Gasteiger partial charge in [-0.1, -0.05) is 85.2 Å². The molecule has 0 aromatic heterocycles. The van der Waals surface area contributed by atoms with Crippen molar-refractivity contribution in [2.24, 2.45) is 0 Å². The minimum atomic E-state index is -0.360. The van der Waals surface area contributed by atoms with Gasteiger partial charge in [0.1, 0.15) is 0 Å². The third-order valence-electron chi connectivity index (χ3n) is 2.78. The van der Waals surface area contributed by atoms with Gasteiger partial charge in [-0.25, -0.2) is 0 Å². The summed E-state index contributed by atoms with van der Waals surface area (Å²) >= 11 is 3.70. The fraction of sp³-hybridized carbons (Fsp3) is 0.250. The molecule has 3 heteroatoms. The molecule has 19 heavy (non-hydrogen) atoms. The van der Waals surface area contributed by atoms with Gasteiger partial charge in [0.15, 0.2) is 0 Å². The minimum Gasteiger partial charge on any atom is -0.0622 e. The standard InChI is InChI=1S/C16H18BrP.B/c1-16(2,3)18(13-9-5-4-6-10-13)15-12-8-7-11-14(15)17;/h4-12H,1-3H3;. The zero-order valence-corrected chi connectivity index (χ0v) is 14.1. The van der Waals surface area contributed by atoms with Gasteiger partial charge in [-0.15, -0.1) is 0 Å². The van der Waals surface area contributed by atoms with Crippen LogP contribution in [0.3, 0.4) is 0 Å². The van der Waals surface area contributed by atoms with Crippen molar-refractivity contribution in [1.82, 2.24) is 0 Å². The Bertz CT molecular complexity index is 520. The second-order valence-corrected chi connectivity index (χ2v) is 9.16. The highest BCUT2D eigenvalue weighted by atomic mass is 79.9. The maximum Gasteiger partial charge on any atom is 0.0255 e. The van der Waals surface area contributed by atoms with Crippen molar-refractivity contribution in [2.45, 2.75) is 25.9 Å². The topological polar surface area (TPSA) is 0 Å². The predicted molar refractivity (Wildman–Crippen MR) is 92.3 cm³/mol. The fourth-order valence-electron chi connectivity index (χ4n) is 2.10. The Morgan fingerprint density at radius 1 is 0.842 bits per heavy atom. The molecule has 2 aromatic carbocycles. The van der Waals surface area contributed by atoms with Crippen LogP contribution in [0.25, 0.3) is 0 Å².